The predicted molar refractivity (Wildman–Crippen MR) is 81.0 cm³/mol. The lowest BCUT2D eigenvalue weighted by atomic mass is 9.97. The van der Waals surface area contributed by atoms with Gasteiger partial charge in [0.05, 0.1) is 0 Å². The van der Waals surface area contributed by atoms with Crippen LogP contribution in [0.3, 0.4) is 0 Å². The summed E-state index contributed by atoms with van der Waals surface area (Å²) in [5.41, 5.74) is 4.57. The molecule has 0 amide bonds. The average Bonchev–Trinajstić information content (AvgIpc) is 2.83. The quantitative estimate of drug-likeness (QED) is 0.662. The summed E-state index contributed by atoms with van der Waals surface area (Å²) >= 11 is 1.85. The van der Waals surface area contributed by atoms with E-state index >= 15 is 0 Å². The van der Waals surface area contributed by atoms with Gasteiger partial charge in [0, 0.05) is 10.7 Å². The summed E-state index contributed by atoms with van der Waals surface area (Å²) in [5, 5.41) is 3.73. The topological polar surface area (TPSA) is 38.0 Å². The van der Waals surface area contributed by atoms with Crippen LogP contribution in [0.4, 0.5) is 0 Å². The van der Waals surface area contributed by atoms with Crippen LogP contribution < -0.4 is 11.3 Å². The molecule has 0 aliphatic heterocycles. The molecule has 2 saturated carbocycles. The molecule has 2 aliphatic rings. The minimum atomic E-state index is 0.466. The number of hydrogen-bond donors (Lipinski definition) is 2. The first-order valence-electron chi connectivity index (χ1n) is 7.29. The average molecular weight is 272 g/mol. The number of nitrogens with one attached hydrogen (secondary N) is 1. The maximum Gasteiger partial charge on any atom is 0.0345 e. The Kier molecular flexibility index (Phi) is 2.87. The standard InChI is InChI=1S/C16H20N2S/c17-18-14(16-12-5-3-6-13(12)16)8-10-9-19-15-7-2-1-4-11(10)15/h1-2,4,7,9,12-14,16,18H,3,5-6,8,17H2. The summed E-state index contributed by atoms with van der Waals surface area (Å²) < 4.78 is 1.39. The van der Waals surface area contributed by atoms with E-state index in [0.29, 0.717) is 6.04 Å². The van der Waals surface area contributed by atoms with Crippen molar-refractivity contribution < 1.29 is 0 Å². The molecule has 3 atom stereocenters. The molecule has 19 heavy (non-hydrogen) atoms. The van der Waals surface area contributed by atoms with Crippen LogP contribution in [0.1, 0.15) is 24.8 Å². The van der Waals surface area contributed by atoms with Gasteiger partial charge in [-0.1, -0.05) is 24.6 Å². The zero-order valence-electron chi connectivity index (χ0n) is 11.0. The first-order chi connectivity index (χ1) is 9.38. The number of thiophene rings is 1. The first kappa shape index (κ1) is 11.9. The summed E-state index contributed by atoms with van der Waals surface area (Å²) in [4.78, 5) is 0. The van der Waals surface area contributed by atoms with E-state index in [1.807, 2.05) is 11.3 Å². The van der Waals surface area contributed by atoms with E-state index in [0.717, 1.165) is 24.2 Å². The van der Waals surface area contributed by atoms with E-state index in [2.05, 4.69) is 35.1 Å². The molecule has 2 aromatic rings. The Morgan fingerprint density at radius 1 is 1.26 bits per heavy atom. The summed E-state index contributed by atoms with van der Waals surface area (Å²) in [6.45, 7) is 0. The molecular formula is C16H20N2S. The molecule has 1 aromatic carbocycles. The first-order valence-corrected chi connectivity index (χ1v) is 8.17. The summed E-state index contributed by atoms with van der Waals surface area (Å²) in [6.07, 6.45) is 5.37. The largest absolute Gasteiger partial charge is 0.271 e. The van der Waals surface area contributed by atoms with Crippen molar-refractivity contribution in [2.45, 2.75) is 31.7 Å². The van der Waals surface area contributed by atoms with Gasteiger partial charge < -0.3 is 0 Å². The van der Waals surface area contributed by atoms with Crippen molar-refractivity contribution in [3.8, 4) is 0 Å². The van der Waals surface area contributed by atoms with Gasteiger partial charge in [-0.05, 0) is 59.4 Å². The van der Waals surface area contributed by atoms with Crippen molar-refractivity contribution in [2.24, 2.45) is 23.6 Å². The van der Waals surface area contributed by atoms with Gasteiger partial charge in [0.1, 0.15) is 0 Å². The van der Waals surface area contributed by atoms with Crippen molar-refractivity contribution in [1.82, 2.24) is 5.43 Å². The second-order valence-corrected chi connectivity index (χ2v) is 6.98. The van der Waals surface area contributed by atoms with Crippen LogP contribution in [0, 0.1) is 17.8 Å². The maximum absolute atomic E-state index is 5.83. The Bertz CT molecular complexity index is 581. The van der Waals surface area contributed by atoms with Crippen LogP contribution in [0.2, 0.25) is 0 Å². The zero-order chi connectivity index (χ0) is 12.8. The Morgan fingerprint density at radius 3 is 2.84 bits per heavy atom. The molecule has 4 rings (SSSR count). The van der Waals surface area contributed by atoms with E-state index in [1.165, 1.54) is 34.9 Å². The van der Waals surface area contributed by atoms with Crippen molar-refractivity contribution in [1.29, 1.82) is 0 Å². The van der Waals surface area contributed by atoms with Gasteiger partial charge in [-0.15, -0.1) is 11.3 Å². The number of rotatable bonds is 4. The molecule has 2 aliphatic carbocycles. The van der Waals surface area contributed by atoms with Crippen molar-refractivity contribution >= 4 is 21.4 Å². The second-order valence-electron chi connectivity index (χ2n) is 6.07. The van der Waals surface area contributed by atoms with Crippen LogP contribution in [0.25, 0.3) is 10.1 Å². The van der Waals surface area contributed by atoms with Crippen LogP contribution in [0.5, 0.6) is 0 Å². The molecule has 100 valence electrons. The fraction of sp³-hybridized carbons (Fsp3) is 0.500. The highest BCUT2D eigenvalue weighted by atomic mass is 32.1. The number of nitrogens with two attached hydrogens (primary N) is 1. The number of hydrazine groups is 1. The summed E-state index contributed by atoms with van der Waals surface area (Å²) in [5.74, 6) is 8.59. The molecule has 1 heterocycles. The van der Waals surface area contributed by atoms with Crippen molar-refractivity contribution in [3.05, 3.63) is 35.2 Å². The molecule has 0 radical (unpaired) electrons. The molecular weight excluding hydrogens is 252 g/mol. The van der Waals surface area contributed by atoms with Gasteiger partial charge in [-0.25, -0.2) is 0 Å². The lowest BCUT2D eigenvalue weighted by Gasteiger charge is -2.17. The van der Waals surface area contributed by atoms with E-state index in [4.69, 9.17) is 5.84 Å². The predicted octanol–water partition coefficient (Wildman–Crippen LogP) is 3.32. The van der Waals surface area contributed by atoms with Gasteiger partial charge in [0.15, 0.2) is 0 Å². The molecule has 3 heteroatoms. The zero-order valence-corrected chi connectivity index (χ0v) is 11.8. The number of fused-ring (bicyclic) bond motifs is 2. The van der Waals surface area contributed by atoms with E-state index in [9.17, 15) is 0 Å². The number of benzene rings is 1. The van der Waals surface area contributed by atoms with E-state index in [1.54, 1.807) is 0 Å². The second kappa shape index (κ2) is 4.58. The SMILES string of the molecule is NNC(Cc1csc2ccccc12)C1C2CCCC21. The molecule has 1 aromatic heterocycles. The molecule has 0 bridgehead atoms. The minimum absolute atomic E-state index is 0.466. The monoisotopic (exact) mass is 272 g/mol. The van der Waals surface area contributed by atoms with Crippen LogP contribution >= 0.6 is 11.3 Å². The van der Waals surface area contributed by atoms with E-state index in [-0.39, 0.29) is 0 Å². The van der Waals surface area contributed by atoms with Crippen molar-refractivity contribution in [3.63, 3.8) is 0 Å². The fourth-order valence-electron chi connectivity index (χ4n) is 4.21. The lowest BCUT2D eigenvalue weighted by Crippen LogP contribution is -2.39. The number of hydrogen-bond acceptors (Lipinski definition) is 3. The van der Waals surface area contributed by atoms with Crippen LogP contribution in [-0.4, -0.2) is 6.04 Å². The highest BCUT2D eigenvalue weighted by molar-refractivity contribution is 7.17. The summed E-state index contributed by atoms with van der Waals surface area (Å²) in [6, 6.07) is 9.16. The minimum Gasteiger partial charge on any atom is -0.271 e. The van der Waals surface area contributed by atoms with Gasteiger partial charge >= 0.3 is 0 Å². The highest BCUT2D eigenvalue weighted by Crippen LogP contribution is 2.59. The van der Waals surface area contributed by atoms with Gasteiger partial charge in [0.2, 0.25) is 0 Å². The molecule has 0 saturated heterocycles. The smallest absolute Gasteiger partial charge is 0.0345 e. The fourth-order valence-corrected chi connectivity index (χ4v) is 5.18. The molecule has 2 fully saturated rings. The van der Waals surface area contributed by atoms with Crippen LogP contribution in [0.15, 0.2) is 29.6 Å². The Balaban J connectivity index is 1.56. The van der Waals surface area contributed by atoms with Gasteiger partial charge in [-0.2, -0.15) is 0 Å². The molecule has 0 spiro atoms. The lowest BCUT2D eigenvalue weighted by molar-refractivity contribution is 0.411. The molecule has 3 unspecified atom stereocenters. The third-order valence-electron chi connectivity index (χ3n) is 5.15. The maximum atomic E-state index is 5.83. The Labute approximate surface area is 118 Å². The van der Waals surface area contributed by atoms with Crippen molar-refractivity contribution in [2.75, 3.05) is 0 Å². The molecule has 3 N–H and O–H groups in total. The third kappa shape index (κ3) is 1.92. The highest BCUT2D eigenvalue weighted by Gasteiger charge is 2.55. The van der Waals surface area contributed by atoms with Crippen LogP contribution in [-0.2, 0) is 6.42 Å². The van der Waals surface area contributed by atoms with Gasteiger partial charge in [0.25, 0.3) is 0 Å². The molecule has 2 nitrogen and oxygen atoms in total. The third-order valence-corrected chi connectivity index (χ3v) is 6.16. The van der Waals surface area contributed by atoms with Gasteiger partial charge in [-0.3, -0.25) is 11.3 Å². The Hall–Kier alpha value is -0.900. The normalized spacial score (nSPS) is 30.5. The van der Waals surface area contributed by atoms with E-state index < -0.39 is 0 Å². The summed E-state index contributed by atoms with van der Waals surface area (Å²) in [7, 11) is 0. The Morgan fingerprint density at radius 2 is 2.05 bits per heavy atom.